The van der Waals surface area contributed by atoms with Crippen molar-refractivity contribution in [2.24, 2.45) is 0 Å². The van der Waals surface area contributed by atoms with Crippen LogP contribution in [0.4, 0.5) is 0 Å². The lowest BCUT2D eigenvalue weighted by atomic mass is 10.3. The second-order valence-corrected chi connectivity index (χ2v) is 2.66. The van der Waals surface area contributed by atoms with Gasteiger partial charge in [0.1, 0.15) is 0 Å². The lowest BCUT2D eigenvalue weighted by Crippen LogP contribution is -3.05. The monoisotopic (exact) mass is 132 g/mol. The molecule has 56 valence electrons. The van der Waals surface area contributed by atoms with Gasteiger partial charge >= 0.3 is 0 Å². The predicted molar refractivity (Wildman–Crippen MR) is 38.8 cm³/mol. The molecule has 0 rings (SSSR count). The van der Waals surface area contributed by atoms with Gasteiger partial charge in [0.15, 0.2) is 0 Å². The highest BCUT2D eigenvalue weighted by Gasteiger charge is 1.91. The maximum atomic E-state index is 4.91. The Balaban J connectivity index is 2.75. The topological polar surface area (TPSA) is 13.7 Å². The van der Waals surface area contributed by atoms with Gasteiger partial charge in [-0.05, 0) is 12.8 Å². The van der Waals surface area contributed by atoms with Crippen molar-refractivity contribution in [3.8, 4) is 0 Å². The number of unbranched alkanes of at least 4 members (excludes halogenated alkanes) is 1. The largest absolute Gasteiger partial charge is 0.385 e. The molecule has 0 aromatic rings. The van der Waals surface area contributed by atoms with Crippen LogP contribution in [-0.2, 0) is 4.74 Å². The molecule has 0 saturated heterocycles. The maximum Gasteiger partial charge on any atom is 0.0767 e. The minimum atomic E-state index is 0.910. The molecule has 0 bridgehead atoms. The molecule has 0 aromatic carbocycles. The van der Waals surface area contributed by atoms with Gasteiger partial charge in [-0.15, -0.1) is 0 Å². The molecule has 0 aromatic heterocycles. The van der Waals surface area contributed by atoms with Crippen molar-refractivity contribution in [3.63, 3.8) is 0 Å². The fourth-order valence-electron chi connectivity index (χ4n) is 0.725. The Hall–Kier alpha value is -0.0800. The molecular weight excluding hydrogens is 114 g/mol. The van der Waals surface area contributed by atoms with Gasteiger partial charge in [-0.3, -0.25) is 0 Å². The Morgan fingerprint density at radius 2 is 1.89 bits per heavy atom. The maximum absolute atomic E-state index is 4.91. The Kier molecular flexibility index (Phi) is 5.99. The Morgan fingerprint density at radius 3 is 2.33 bits per heavy atom. The zero-order chi connectivity index (χ0) is 7.11. The number of methoxy groups -OCH3 is 1. The Bertz CT molecular complexity index is 54.9. The molecule has 1 N–H and O–H groups in total. The van der Waals surface area contributed by atoms with Crippen LogP contribution in [-0.4, -0.2) is 34.4 Å². The van der Waals surface area contributed by atoms with Crippen molar-refractivity contribution < 1.29 is 9.64 Å². The Labute approximate surface area is 57.8 Å². The van der Waals surface area contributed by atoms with E-state index in [4.69, 9.17) is 4.74 Å². The van der Waals surface area contributed by atoms with E-state index in [1.165, 1.54) is 24.3 Å². The lowest BCUT2D eigenvalue weighted by Gasteiger charge is -2.05. The van der Waals surface area contributed by atoms with Crippen LogP contribution in [0, 0.1) is 0 Å². The van der Waals surface area contributed by atoms with Crippen LogP contribution in [0.15, 0.2) is 0 Å². The van der Waals surface area contributed by atoms with E-state index in [0.29, 0.717) is 0 Å². The average molecular weight is 132 g/mol. The van der Waals surface area contributed by atoms with Crippen LogP contribution >= 0.6 is 0 Å². The van der Waals surface area contributed by atoms with Crippen molar-refractivity contribution in [2.45, 2.75) is 12.8 Å². The first-order chi connectivity index (χ1) is 4.27. The van der Waals surface area contributed by atoms with Crippen molar-refractivity contribution in [1.29, 1.82) is 0 Å². The number of quaternary nitrogens is 1. The zero-order valence-electron chi connectivity index (χ0n) is 6.74. The zero-order valence-corrected chi connectivity index (χ0v) is 6.74. The van der Waals surface area contributed by atoms with Gasteiger partial charge in [0.25, 0.3) is 0 Å². The third kappa shape index (κ3) is 7.92. The number of hydrogen-bond acceptors (Lipinski definition) is 1. The van der Waals surface area contributed by atoms with Crippen molar-refractivity contribution in [2.75, 3.05) is 34.4 Å². The number of ether oxygens (including phenoxy) is 1. The van der Waals surface area contributed by atoms with E-state index in [1.54, 1.807) is 7.11 Å². The van der Waals surface area contributed by atoms with E-state index >= 15 is 0 Å². The predicted octanol–water partition coefficient (Wildman–Crippen LogP) is -0.442. The van der Waals surface area contributed by atoms with Gasteiger partial charge in [-0.25, -0.2) is 0 Å². The van der Waals surface area contributed by atoms with Crippen LogP contribution in [0.3, 0.4) is 0 Å². The summed E-state index contributed by atoms with van der Waals surface area (Å²) in [5, 5.41) is 0. The van der Waals surface area contributed by atoms with E-state index in [0.717, 1.165) is 6.61 Å². The summed E-state index contributed by atoms with van der Waals surface area (Å²) in [7, 11) is 6.10. The summed E-state index contributed by atoms with van der Waals surface area (Å²) in [5.41, 5.74) is 0. The van der Waals surface area contributed by atoms with Gasteiger partial charge in [0.05, 0.1) is 20.6 Å². The molecule has 0 heterocycles. The molecule has 2 nitrogen and oxygen atoms in total. The second-order valence-electron chi connectivity index (χ2n) is 2.66. The van der Waals surface area contributed by atoms with Gasteiger partial charge in [0.2, 0.25) is 0 Å². The summed E-state index contributed by atoms with van der Waals surface area (Å²) in [6.07, 6.45) is 2.47. The highest BCUT2D eigenvalue weighted by Crippen LogP contribution is 1.83. The van der Waals surface area contributed by atoms with Gasteiger partial charge in [-0.2, -0.15) is 0 Å². The van der Waals surface area contributed by atoms with Crippen molar-refractivity contribution in [1.82, 2.24) is 0 Å². The van der Waals surface area contributed by atoms with E-state index in [2.05, 4.69) is 14.1 Å². The number of rotatable bonds is 5. The van der Waals surface area contributed by atoms with Gasteiger partial charge < -0.3 is 9.64 Å². The molecule has 0 aliphatic heterocycles. The summed E-state index contributed by atoms with van der Waals surface area (Å²) in [4.78, 5) is 1.52. The van der Waals surface area contributed by atoms with Gasteiger partial charge in [0, 0.05) is 13.7 Å². The molecule has 0 aliphatic carbocycles. The van der Waals surface area contributed by atoms with Crippen molar-refractivity contribution >= 4 is 0 Å². The molecule has 0 saturated carbocycles. The third-order valence-corrected chi connectivity index (χ3v) is 1.28. The Morgan fingerprint density at radius 1 is 1.22 bits per heavy atom. The summed E-state index contributed by atoms with van der Waals surface area (Å²) in [6.45, 7) is 2.16. The SMILES string of the molecule is COCCCC[NH+](C)C. The third-order valence-electron chi connectivity index (χ3n) is 1.28. The highest BCUT2D eigenvalue weighted by atomic mass is 16.5. The standard InChI is InChI=1S/C7H17NO/c1-8(2)6-4-5-7-9-3/h4-7H2,1-3H3/p+1. The highest BCUT2D eigenvalue weighted by molar-refractivity contribution is 4.33. The molecule has 0 amide bonds. The molecular formula is C7H18NO+. The molecule has 2 heteroatoms. The first-order valence-electron chi connectivity index (χ1n) is 3.55. The van der Waals surface area contributed by atoms with E-state index < -0.39 is 0 Å². The van der Waals surface area contributed by atoms with E-state index in [1.807, 2.05) is 0 Å². The van der Waals surface area contributed by atoms with Gasteiger partial charge in [-0.1, -0.05) is 0 Å². The van der Waals surface area contributed by atoms with Crippen LogP contribution in [0.2, 0.25) is 0 Å². The van der Waals surface area contributed by atoms with E-state index in [9.17, 15) is 0 Å². The molecule has 9 heavy (non-hydrogen) atoms. The van der Waals surface area contributed by atoms with Crippen LogP contribution in [0.1, 0.15) is 12.8 Å². The summed E-state index contributed by atoms with van der Waals surface area (Å²) >= 11 is 0. The van der Waals surface area contributed by atoms with Crippen LogP contribution in [0.5, 0.6) is 0 Å². The first kappa shape index (κ1) is 8.92. The van der Waals surface area contributed by atoms with E-state index in [-0.39, 0.29) is 0 Å². The number of hydrogen-bond donors (Lipinski definition) is 1. The van der Waals surface area contributed by atoms with Crippen molar-refractivity contribution in [3.05, 3.63) is 0 Å². The molecule has 0 atom stereocenters. The summed E-state index contributed by atoms with van der Waals surface area (Å²) in [6, 6.07) is 0. The first-order valence-corrected chi connectivity index (χ1v) is 3.55. The molecule has 0 aliphatic rings. The minimum absolute atomic E-state index is 0.910. The lowest BCUT2D eigenvalue weighted by molar-refractivity contribution is -0.858. The summed E-state index contributed by atoms with van der Waals surface area (Å²) in [5.74, 6) is 0. The molecule has 0 fully saturated rings. The van der Waals surface area contributed by atoms with Crippen LogP contribution in [0.25, 0.3) is 0 Å². The second kappa shape index (κ2) is 6.05. The fourth-order valence-corrected chi connectivity index (χ4v) is 0.725. The molecule has 0 spiro atoms. The number of nitrogens with one attached hydrogen (secondary N) is 1. The quantitative estimate of drug-likeness (QED) is 0.501. The average Bonchev–Trinajstić information content (AvgIpc) is 1.80. The summed E-state index contributed by atoms with van der Waals surface area (Å²) < 4.78 is 4.91. The smallest absolute Gasteiger partial charge is 0.0767 e. The molecule has 0 radical (unpaired) electrons. The normalized spacial score (nSPS) is 10.7. The fraction of sp³-hybridized carbons (Fsp3) is 1.00. The van der Waals surface area contributed by atoms with Crippen LogP contribution < -0.4 is 4.90 Å². The minimum Gasteiger partial charge on any atom is -0.385 e. The molecule has 0 unspecified atom stereocenters.